The summed E-state index contributed by atoms with van der Waals surface area (Å²) in [5.41, 5.74) is 0.131. The normalized spacial score (nSPS) is 13.0. The largest absolute Gasteiger partial charge is 0.508 e. The van der Waals surface area contributed by atoms with E-state index in [1.54, 1.807) is 6.07 Å². The third-order valence-electron chi connectivity index (χ3n) is 4.41. The number of para-hydroxylation sites is 2. The molecular formula is C20H22N2O8. The summed E-state index contributed by atoms with van der Waals surface area (Å²) in [4.78, 5) is 35.8. The van der Waals surface area contributed by atoms with Crippen molar-refractivity contribution in [2.45, 2.75) is 12.1 Å². The van der Waals surface area contributed by atoms with Gasteiger partial charge in [0, 0.05) is 24.2 Å². The number of benzene rings is 2. The minimum atomic E-state index is -1.46. The van der Waals surface area contributed by atoms with Gasteiger partial charge in [-0.25, -0.2) is 0 Å². The van der Waals surface area contributed by atoms with Gasteiger partial charge in [0.2, 0.25) is 0 Å². The van der Waals surface area contributed by atoms with E-state index in [0.29, 0.717) is 0 Å². The van der Waals surface area contributed by atoms with Gasteiger partial charge < -0.3 is 25.5 Å². The Bertz CT molecular complexity index is 917. The molecule has 0 aromatic heterocycles. The van der Waals surface area contributed by atoms with Crippen LogP contribution in [0.1, 0.15) is 23.2 Å². The molecule has 10 nitrogen and oxygen atoms in total. The van der Waals surface area contributed by atoms with E-state index >= 15 is 0 Å². The number of aliphatic carboxylic acids is 3. The van der Waals surface area contributed by atoms with Gasteiger partial charge in [-0.1, -0.05) is 36.4 Å². The number of hydrogen-bond donors (Lipinski definition) is 6. The number of phenols is 2. The van der Waals surface area contributed by atoms with Crippen molar-refractivity contribution in [1.29, 1.82) is 0 Å². The van der Waals surface area contributed by atoms with Crippen molar-refractivity contribution in [3.8, 4) is 11.5 Å². The molecule has 0 fully saturated rings. The zero-order valence-corrected chi connectivity index (χ0v) is 15.8. The molecule has 0 saturated carbocycles. The van der Waals surface area contributed by atoms with Crippen molar-refractivity contribution in [1.82, 2.24) is 10.2 Å². The summed E-state index contributed by atoms with van der Waals surface area (Å²) in [5.74, 6) is -4.44. The van der Waals surface area contributed by atoms with Gasteiger partial charge in [0.1, 0.15) is 23.6 Å². The summed E-state index contributed by atoms with van der Waals surface area (Å²) in [7, 11) is 0. The average molecular weight is 418 g/mol. The predicted octanol–water partition coefficient (Wildman–Crippen LogP) is 1.03. The van der Waals surface area contributed by atoms with Crippen LogP contribution in [-0.2, 0) is 14.4 Å². The molecule has 0 aliphatic heterocycles. The maximum absolute atomic E-state index is 11.9. The monoisotopic (exact) mass is 418 g/mol. The van der Waals surface area contributed by atoms with E-state index in [-0.39, 0.29) is 35.7 Å². The van der Waals surface area contributed by atoms with Crippen molar-refractivity contribution in [3.63, 3.8) is 0 Å². The molecule has 0 aliphatic rings. The van der Waals surface area contributed by atoms with Crippen LogP contribution < -0.4 is 5.32 Å². The first-order valence-corrected chi connectivity index (χ1v) is 8.93. The number of rotatable bonds is 11. The Morgan fingerprint density at radius 2 is 1.37 bits per heavy atom. The molecule has 2 atom stereocenters. The highest BCUT2D eigenvalue weighted by atomic mass is 16.4. The second kappa shape index (κ2) is 10.2. The molecule has 160 valence electrons. The van der Waals surface area contributed by atoms with Crippen LogP contribution in [-0.4, -0.2) is 68.0 Å². The number of carbonyl (C=O) groups is 3. The molecule has 0 radical (unpaired) electrons. The molecule has 0 spiro atoms. The molecule has 2 rings (SSSR count). The fraction of sp³-hybridized carbons (Fsp3) is 0.250. The number of nitrogens with zero attached hydrogens (tertiary/aromatic N) is 1. The Morgan fingerprint density at radius 3 is 1.83 bits per heavy atom. The summed E-state index contributed by atoms with van der Waals surface area (Å²) in [6, 6.07) is 8.80. The number of nitrogens with one attached hydrogen (secondary N) is 1. The Hall–Kier alpha value is -3.63. The molecule has 2 aromatic rings. The number of aromatic hydroxyl groups is 2. The molecule has 0 bridgehead atoms. The zero-order chi connectivity index (χ0) is 22.3. The number of phenolic OH excluding ortho intramolecular Hbond substituents is 2. The third kappa shape index (κ3) is 5.69. The van der Waals surface area contributed by atoms with Gasteiger partial charge in [0.15, 0.2) is 0 Å². The highest BCUT2D eigenvalue weighted by molar-refractivity contribution is 5.78. The van der Waals surface area contributed by atoms with Crippen molar-refractivity contribution in [2.24, 2.45) is 0 Å². The molecule has 30 heavy (non-hydrogen) atoms. The first-order chi connectivity index (χ1) is 14.2. The topological polar surface area (TPSA) is 168 Å². The second-order valence-corrected chi connectivity index (χ2v) is 6.45. The van der Waals surface area contributed by atoms with Gasteiger partial charge >= 0.3 is 17.9 Å². The second-order valence-electron chi connectivity index (χ2n) is 6.45. The van der Waals surface area contributed by atoms with E-state index in [1.807, 2.05) is 0 Å². The fourth-order valence-corrected chi connectivity index (χ4v) is 3.09. The highest BCUT2D eigenvalue weighted by Gasteiger charge is 2.31. The van der Waals surface area contributed by atoms with E-state index in [2.05, 4.69) is 5.32 Å². The lowest BCUT2D eigenvalue weighted by atomic mass is 10.0. The Labute approximate surface area is 171 Å². The lowest BCUT2D eigenvalue weighted by molar-refractivity contribution is -0.147. The Morgan fingerprint density at radius 1 is 0.833 bits per heavy atom. The van der Waals surface area contributed by atoms with Crippen molar-refractivity contribution in [2.75, 3.05) is 19.6 Å². The molecule has 2 unspecified atom stereocenters. The van der Waals surface area contributed by atoms with Gasteiger partial charge in [0.05, 0.1) is 6.54 Å². The summed E-state index contributed by atoms with van der Waals surface area (Å²) in [5, 5.41) is 50.9. The lowest BCUT2D eigenvalue weighted by Gasteiger charge is -2.28. The van der Waals surface area contributed by atoms with E-state index in [0.717, 1.165) is 4.90 Å². The maximum atomic E-state index is 11.9. The van der Waals surface area contributed by atoms with Crippen LogP contribution in [0.2, 0.25) is 0 Å². The van der Waals surface area contributed by atoms with Crippen LogP contribution in [0.5, 0.6) is 11.5 Å². The smallest absolute Gasteiger partial charge is 0.325 e. The number of carboxylic acids is 3. The molecular weight excluding hydrogens is 396 g/mol. The van der Waals surface area contributed by atoms with Crippen molar-refractivity contribution >= 4 is 17.9 Å². The lowest BCUT2D eigenvalue weighted by Crippen LogP contribution is -2.43. The minimum Gasteiger partial charge on any atom is -0.508 e. The summed E-state index contributed by atoms with van der Waals surface area (Å²) < 4.78 is 0. The van der Waals surface area contributed by atoms with Crippen LogP contribution >= 0.6 is 0 Å². The van der Waals surface area contributed by atoms with Crippen LogP contribution in [0.15, 0.2) is 48.5 Å². The molecule has 0 aliphatic carbocycles. The van der Waals surface area contributed by atoms with Gasteiger partial charge in [-0.15, -0.1) is 0 Å². The Balaban J connectivity index is 2.22. The number of hydrogen-bond acceptors (Lipinski definition) is 7. The molecule has 10 heteroatoms. The standard InChI is InChI=1S/C20H22N2O8/c23-14-7-3-1-5-12(14)17(19(27)28)21-9-10-22(11-16(25)26)18(20(29)30)13-6-2-4-8-15(13)24/h1-8,17-18,21,23-24H,9-11H2,(H,25,26)(H,27,28)(H,29,30). The minimum absolute atomic E-state index is 0.0155. The summed E-state index contributed by atoms with van der Waals surface area (Å²) >= 11 is 0. The highest BCUT2D eigenvalue weighted by Crippen LogP contribution is 2.29. The third-order valence-corrected chi connectivity index (χ3v) is 4.41. The van der Waals surface area contributed by atoms with E-state index in [1.165, 1.54) is 42.5 Å². The molecule has 0 saturated heterocycles. The molecule has 0 amide bonds. The van der Waals surface area contributed by atoms with Crippen molar-refractivity contribution < 1.29 is 39.9 Å². The fourth-order valence-electron chi connectivity index (χ4n) is 3.09. The van der Waals surface area contributed by atoms with Gasteiger partial charge in [-0.3, -0.25) is 24.6 Å². The van der Waals surface area contributed by atoms with E-state index in [9.17, 15) is 39.9 Å². The van der Waals surface area contributed by atoms with Crippen LogP contribution in [0.4, 0.5) is 0 Å². The molecule has 0 heterocycles. The van der Waals surface area contributed by atoms with Crippen molar-refractivity contribution in [3.05, 3.63) is 59.7 Å². The quantitative estimate of drug-likeness (QED) is 0.310. The molecule has 2 aromatic carbocycles. The predicted molar refractivity (Wildman–Crippen MR) is 104 cm³/mol. The van der Waals surface area contributed by atoms with Gasteiger partial charge in [-0.2, -0.15) is 0 Å². The first kappa shape index (κ1) is 22.7. The first-order valence-electron chi connectivity index (χ1n) is 8.93. The van der Waals surface area contributed by atoms with E-state index in [4.69, 9.17) is 0 Å². The van der Waals surface area contributed by atoms with Gasteiger partial charge in [0.25, 0.3) is 0 Å². The summed E-state index contributed by atoms with van der Waals surface area (Å²) in [6.45, 7) is -0.910. The number of carboxylic acid groups (broad SMARTS) is 3. The average Bonchev–Trinajstić information content (AvgIpc) is 2.66. The van der Waals surface area contributed by atoms with Crippen LogP contribution in [0, 0.1) is 0 Å². The SMILES string of the molecule is O=C(O)CN(CCNC(C(=O)O)c1ccccc1O)C(C(=O)O)c1ccccc1O. The summed E-state index contributed by atoms with van der Waals surface area (Å²) in [6.07, 6.45) is 0. The maximum Gasteiger partial charge on any atom is 0.325 e. The zero-order valence-electron chi connectivity index (χ0n) is 15.8. The van der Waals surface area contributed by atoms with Crippen LogP contribution in [0.3, 0.4) is 0 Å². The molecule has 6 N–H and O–H groups in total. The Kier molecular flexibility index (Phi) is 7.73. The van der Waals surface area contributed by atoms with Gasteiger partial charge in [-0.05, 0) is 12.1 Å². The van der Waals surface area contributed by atoms with E-state index < -0.39 is 36.5 Å². The van der Waals surface area contributed by atoms with Crippen LogP contribution in [0.25, 0.3) is 0 Å².